The molecule has 0 aliphatic heterocycles. The van der Waals surface area contributed by atoms with Crippen molar-refractivity contribution in [1.29, 1.82) is 0 Å². The van der Waals surface area contributed by atoms with Gasteiger partial charge in [0.1, 0.15) is 15.9 Å². The molecule has 0 saturated carbocycles. The van der Waals surface area contributed by atoms with Gasteiger partial charge in [-0.05, 0) is 38.1 Å². The summed E-state index contributed by atoms with van der Waals surface area (Å²) in [7, 11) is -4.35. The van der Waals surface area contributed by atoms with Crippen LogP contribution in [-0.4, -0.2) is 19.1 Å². The second kappa shape index (κ2) is 5.86. The van der Waals surface area contributed by atoms with Crippen LogP contribution in [0.2, 0.25) is 0 Å². The molecule has 0 saturated heterocycles. The van der Waals surface area contributed by atoms with Crippen LogP contribution in [0.3, 0.4) is 0 Å². The minimum atomic E-state index is -4.35. The summed E-state index contributed by atoms with van der Waals surface area (Å²) in [5, 5.41) is 0. The molecule has 0 fully saturated rings. The first-order valence-corrected chi connectivity index (χ1v) is 5.53. The van der Waals surface area contributed by atoms with Gasteiger partial charge in [-0.1, -0.05) is 0 Å². The normalized spacial score (nSPS) is 10.9. The monoisotopic (exact) mass is 238 g/mol. The fourth-order valence-corrected chi connectivity index (χ4v) is 1.43. The van der Waals surface area contributed by atoms with Crippen LogP contribution in [0, 0.1) is 0 Å². The van der Waals surface area contributed by atoms with Crippen molar-refractivity contribution >= 4 is 10.1 Å². The largest absolute Gasteiger partial charge is 1.00 e. The van der Waals surface area contributed by atoms with E-state index in [1.165, 1.54) is 24.3 Å². The van der Waals surface area contributed by atoms with E-state index in [0.717, 1.165) is 0 Å². The number of benzene rings is 1. The molecule has 0 aromatic heterocycles. The molecule has 0 spiro atoms. The van der Waals surface area contributed by atoms with Gasteiger partial charge in [-0.2, -0.15) is 0 Å². The average molecular weight is 238 g/mol. The molecule has 0 amide bonds. The molecule has 0 heterocycles. The molecule has 6 heteroatoms. The van der Waals surface area contributed by atoms with Crippen LogP contribution in [0.5, 0.6) is 5.75 Å². The van der Waals surface area contributed by atoms with Crippen LogP contribution in [-0.2, 0) is 10.1 Å². The molecule has 1 aromatic rings. The zero-order chi connectivity index (χ0) is 10.8. The molecule has 0 atom stereocenters. The van der Waals surface area contributed by atoms with Gasteiger partial charge in [-0.15, -0.1) is 0 Å². The molecule has 78 valence electrons. The topological polar surface area (TPSA) is 66.4 Å². The van der Waals surface area contributed by atoms with Crippen molar-refractivity contribution < 1.29 is 47.3 Å². The predicted molar refractivity (Wildman–Crippen MR) is 50.2 cm³/mol. The Morgan fingerprint density at radius 3 is 2.00 bits per heavy atom. The van der Waals surface area contributed by atoms with E-state index in [9.17, 15) is 13.0 Å². The maximum absolute atomic E-state index is 10.6. The maximum Gasteiger partial charge on any atom is 1.00 e. The Hall–Kier alpha value is -0.0700. The zero-order valence-corrected chi connectivity index (χ0v) is 11.7. The van der Waals surface area contributed by atoms with Crippen LogP contribution in [0.25, 0.3) is 0 Å². The summed E-state index contributed by atoms with van der Waals surface area (Å²) in [6, 6.07) is 5.40. The molecular weight excluding hydrogens is 227 g/mol. The number of rotatable bonds is 3. The standard InChI is InChI=1S/C9H12O4S.Na/c1-7(2)13-8-3-5-9(6-4-8)14(10,11)12;/h3-7H,1-2H3,(H,10,11,12);/q;+1/p-1. The Bertz CT molecular complexity index is 397. The van der Waals surface area contributed by atoms with Crippen molar-refractivity contribution in [3.8, 4) is 5.75 Å². The van der Waals surface area contributed by atoms with E-state index >= 15 is 0 Å². The number of hydrogen-bond donors (Lipinski definition) is 0. The first-order valence-electron chi connectivity index (χ1n) is 4.12. The molecule has 1 aromatic carbocycles. The summed E-state index contributed by atoms with van der Waals surface area (Å²) in [5.41, 5.74) is 0. The Balaban J connectivity index is 0.00000196. The molecule has 0 aliphatic rings. The summed E-state index contributed by atoms with van der Waals surface area (Å²) in [4.78, 5) is -0.242. The Labute approximate surface area is 112 Å². The van der Waals surface area contributed by atoms with Crippen LogP contribution in [0.1, 0.15) is 13.8 Å². The van der Waals surface area contributed by atoms with Gasteiger partial charge in [0, 0.05) is 0 Å². The first kappa shape index (κ1) is 14.9. The molecule has 15 heavy (non-hydrogen) atoms. The Kier molecular flexibility index (Phi) is 5.84. The third-order valence-electron chi connectivity index (χ3n) is 1.48. The van der Waals surface area contributed by atoms with E-state index in [1.54, 1.807) is 0 Å². The third-order valence-corrected chi connectivity index (χ3v) is 2.33. The van der Waals surface area contributed by atoms with Gasteiger partial charge in [0.15, 0.2) is 0 Å². The fourth-order valence-electron chi connectivity index (χ4n) is 0.957. The van der Waals surface area contributed by atoms with Gasteiger partial charge < -0.3 is 9.29 Å². The van der Waals surface area contributed by atoms with Crippen LogP contribution < -0.4 is 34.3 Å². The average Bonchev–Trinajstić information content (AvgIpc) is 2.02. The quantitative estimate of drug-likeness (QED) is 0.469. The molecule has 0 bridgehead atoms. The van der Waals surface area contributed by atoms with Crippen molar-refractivity contribution in [3.63, 3.8) is 0 Å². The van der Waals surface area contributed by atoms with Crippen molar-refractivity contribution in [3.05, 3.63) is 24.3 Å². The van der Waals surface area contributed by atoms with Gasteiger partial charge in [0.05, 0.1) is 11.0 Å². The number of hydrogen-bond acceptors (Lipinski definition) is 4. The summed E-state index contributed by atoms with van der Waals surface area (Å²) in [6.07, 6.45) is 0.0182. The van der Waals surface area contributed by atoms with Gasteiger partial charge >= 0.3 is 29.6 Å². The van der Waals surface area contributed by atoms with E-state index in [2.05, 4.69) is 0 Å². The van der Waals surface area contributed by atoms with Crippen molar-refractivity contribution in [1.82, 2.24) is 0 Å². The zero-order valence-electron chi connectivity index (χ0n) is 8.93. The van der Waals surface area contributed by atoms with Crippen molar-refractivity contribution in [2.45, 2.75) is 24.8 Å². The van der Waals surface area contributed by atoms with Crippen LogP contribution in [0.4, 0.5) is 0 Å². The summed E-state index contributed by atoms with van der Waals surface area (Å²) >= 11 is 0. The van der Waals surface area contributed by atoms with E-state index < -0.39 is 10.1 Å². The smallest absolute Gasteiger partial charge is 0.744 e. The minimum absolute atomic E-state index is 0. The van der Waals surface area contributed by atoms with Crippen molar-refractivity contribution in [2.75, 3.05) is 0 Å². The second-order valence-electron chi connectivity index (χ2n) is 3.09. The summed E-state index contributed by atoms with van der Waals surface area (Å²) in [6.45, 7) is 3.72. The Morgan fingerprint density at radius 2 is 1.67 bits per heavy atom. The van der Waals surface area contributed by atoms with E-state index in [-0.39, 0.29) is 40.6 Å². The fraction of sp³-hybridized carbons (Fsp3) is 0.333. The molecule has 4 nitrogen and oxygen atoms in total. The van der Waals surface area contributed by atoms with Gasteiger partial charge in [0.25, 0.3) is 0 Å². The van der Waals surface area contributed by atoms with E-state index in [1.807, 2.05) is 13.8 Å². The van der Waals surface area contributed by atoms with E-state index in [0.29, 0.717) is 5.75 Å². The second-order valence-corrected chi connectivity index (χ2v) is 4.47. The third kappa shape index (κ3) is 4.99. The molecule has 0 unspecified atom stereocenters. The van der Waals surface area contributed by atoms with Crippen molar-refractivity contribution in [2.24, 2.45) is 0 Å². The molecule has 0 aliphatic carbocycles. The SMILES string of the molecule is CC(C)Oc1ccc(S(=O)(=O)[O-])cc1.[Na+]. The Morgan fingerprint density at radius 1 is 1.20 bits per heavy atom. The molecule has 0 N–H and O–H groups in total. The van der Waals surface area contributed by atoms with Gasteiger partial charge in [-0.25, -0.2) is 8.42 Å². The van der Waals surface area contributed by atoms with Crippen LogP contribution >= 0.6 is 0 Å². The first-order chi connectivity index (χ1) is 6.39. The minimum Gasteiger partial charge on any atom is -0.744 e. The van der Waals surface area contributed by atoms with Crippen LogP contribution in [0.15, 0.2) is 29.2 Å². The molecule has 0 radical (unpaired) electrons. The molecule has 1 rings (SSSR count). The predicted octanol–water partition coefficient (Wildman–Crippen LogP) is -1.62. The van der Waals surface area contributed by atoms with Gasteiger partial charge in [-0.3, -0.25) is 0 Å². The molecular formula is C9H11NaO4S. The summed E-state index contributed by atoms with van der Waals surface area (Å²) < 4.78 is 37.0. The van der Waals surface area contributed by atoms with E-state index in [4.69, 9.17) is 4.74 Å². The van der Waals surface area contributed by atoms with Gasteiger partial charge in [0.2, 0.25) is 0 Å². The number of ether oxygens (including phenoxy) is 1. The summed E-state index contributed by atoms with van der Waals surface area (Å²) in [5.74, 6) is 0.549. The maximum atomic E-state index is 10.6.